The first-order chi connectivity index (χ1) is 15.9. The van der Waals surface area contributed by atoms with Crippen LogP contribution in [0.15, 0.2) is 49.1 Å². The van der Waals surface area contributed by atoms with Gasteiger partial charge in [0.15, 0.2) is 0 Å². The summed E-state index contributed by atoms with van der Waals surface area (Å²) in [5, 5.41) is 12.3. The van der Waals surface area contributed by atoms with Crippen LogP contribution in [0.5, 0.6) is 0 Å². The third-order valence-electron chi connectivity index (χ3n) is 5.75. The van der Waals surface area contributed by atoms with Crippen LogP contribution in [-0.2, 0) is 10.2 Å². The quantitative estimate of drug-likeness (QED) is 0.642. The molecule has 8 nitrogen and oxygen atoms in total. The minimum atomic E-state index is -0.713. The summed E-state index contributed by atoms with van der Waals surface area (Å²) in [5.41, 5.74) is 4.51. The van der Waals surface area contributed by atoms with Crippen molar-refractivity contribution in [1.29, 1.82) is 5.26 Å². The van der Waals surface area contributed by atoms with E-state index >= 15 is 0 Å². The van der Waals surface area contributed by atoms with Crippen LogP contribution in [0.4, 0.5) is 11.4 Å². The second-order valence-corrected chi connectivity index (χ2v) is 8.51. The van der Waals surface area contributed by atoms with Crippen LogP contribution in [0.1, 0.15) is 35.6 Å². The lowest BCUT2D eigenvalue weighted by molar-refractivity contribution is 0.102. The number of nitriles is 1. The molecule has 0 radical (unpaired) electrons. The number of anilines is 2. The lowest BCUT2D eigenvalue weighted by Gasteiger charge is -2.28. The smallest absolute Gasteiger partial charge is 0.274 e. The van der Waals surface area contributed by atoms with Crippen LogP contribution >= 0.6 is 0 Å². The fourth-order valence-corrected chi connectivity index (χ4v) is 3.67. The van der Waals surface area contributed by atoms with E-state index in [1.807, 2.05) is 19.2 Å². The van der Waals surface area contributed by atoms with Gasteiger partial charge in [-0.25, -0.2) is 0 Å². The average Bonchev–Trinajstić information content (AvgIpc) is 2.86. The van der Waals surface area contributed by atoms with Crippen molar-refractivity contribution in [2.75, 3.05) is 36.5 Å². The molecular weight excluding hydrogens is 416 g/mol. The van der Waals surface area contributed by atoms with E-state index in [0.29, 0.717) is 18.9 Å². The second-order valence-electron chi connectivity index (χ2n) is 8.51. The fourth-order valence-electron chi connectivity index (χ4n) is 3.67. The van der Waals surface area contributed by atoms with E-state index < -0.39 is 5.41 Å². The number of carbonyl (C=O) groups excluding carboxylic acids is 1. The molecular formula is C25H26N6O2. The Labute approximate surface area is 193 Å². The third-order valence-corrected chi connectivity index (χ3v) is 5.75. The Hall–Kier alpha value is -3.83. The standard InChI is InChI=1S/C25H26N6O2/c1-17-22(18-10-21(15-27-13-18)31-6-8-33-9-7-31)12-20(14-29-17)30-24(32)23-11-19(4-5-28-23)25(2,3)16-26/h4-5,10-15H,6-9H2,1-3H3,(H,30,32). The molecule has 0 bridgehead atoms. The van der Waals surface area contributed by atoms with Gasteiger partial charge < -0.3 is 15.0 Å². The van der Waals surface area contributed by atoms with Gasteiger partial charge in [-0.1, -0.05) is 0 Å². The van der Waals surface area contributed by atoms with Crippen molar-refractivity contribution in [2.24, 2.45) is 0 Å². The highest BCUT2D eigenvalue weighted by Crippen LogP contribution is 2.28. The molecule has 1 aliphatic heterocycles. The molecule has 1 amide bonds. The van der Waals surface area contributed by atoms with Gasteiger partial charge in [-0.05, 0) is 50.6 Å². The van der Waals surface area contributed by atoms with Gasteiger partial charge in [-0.2, -0.15) is 5.26 Å². The van der Waals surface area contributed by atoms with Crippen LogP contribution in [0, 0.1) is 18.3 Å². The summed E-state index contributed by atoms with van der Waals surface area (Å²) in [7, 11) is 0. The highest BCUT2D eigenvalue weighted by molar-refractivity contribution is 6.03. The van der Waals surface area contributed by atoms with Gasteiger partial charge in [-0.3, -0.25) is 19.7 Å². The first-order valence-corrected chi connectivity index (χ1v) is 10.8. The summed E-state index contributed by atoms with van der Waals surface area (Å²) in [5.74, 6) is -0.359. The number of hydrogen-bond donors (Lipinski definition) is 1. The fraction of sp³-hybridized carbons (Fsp3) is 0.320. The van der Waals surface area contributed by atoms with E-state index in [0.717, 1.165) is 41.2 Å². The lowest BCUT2D eigenvalue weighted by atomic mass is 9.86. The molecule has 8 heteroatoms. The van der Waals surface area contributed by atoms with Gasteiger partial charge in [-0.15, -0.1) is 0 Å². The van der Waals surface area contributed by atoms with E-state index in [9.17, 15) is 10.1 Å². The number of nitrogens with zero attached hydrogens (tertiary/aromatic N) is 5. The van der Waals surface area contributed by atoms with E-state index in [-0.39, 0.29) is 11.6 Å². The van der Waals surface area contributed by atoms with Crippen LogP contribution in [-0.4, -0.2) is 47.2 Å². The molecule has 1 fully saturated rings. The van der Waals surface area contributed by atoms with E-state index in [1.165, 1.54) is 0 Å². The second kappa shape index (κ2) is 9.35. The summed E-state index contributed by atoms with van der Waals surface area (Å²) >= 11 is 0. The van der Waals surface area contributed by atoms with Crippen molar-refractivity contribution >= 4 is 17.3 Å². The zero-order valence-corrected chi connectivity index (χ0v) is 19.0. The topological polar surface area (TPSA) is 104 Å². The predicted molar refractivity (Wildman–Crippen MR) is 126 cm³/mol. The molecule has 33 heavy (non-hydrogen) atoms. The molecule has 0 aromatic carbocycles. The van der Waals surface area contributed by atoms with Crippen molar-refractivity contribution in [3.8, 4) is 17.2 Å². The van der Waals surface area contributed by atoms with Crippen molar-refractivity contribution in [3.05, 3.63) is 66.0 Å². The Kier molecular flexibility index (Phi) is 6.33. The van der Waals surface area contributed by atoms with Crippen LogP contribution in [0.2, 0.25) is 0 Å². The molecule has 4 heterocycles. The van der Waals surface area contributed by atoms with Crippen molar-refractivity contribution in [3.63, 3.8) is 0 Å². The summed E-state index contributed by atoms with van der Waals surface area (Å²) in [6, 6.07) is 9.63. The summed E-state index contributed by atoms with van der Waals surface area (Å²) in [4.78, 5) is 28.2. The number of ether oxygens (including phenoxy) is 1. The largest absolute Gasteiger partial charge is 0.378 e. The summed E-state index contributed by atoms with van der Waals surface area (Å²) in [6.07, 6.45) is 6.82. The highest BCUT2D eigenvalue weighted by Gasteiger charge is 2.22. The maximum Gasteiger partial charge on any atom is 0.274 e. The third kappa shape index (κ3) is 4.99. The van der Waals surface area contributed by atoms with Gasteiger partial charge in [0.1, 0.15) is 5.69 Å². The normalized spacial score (nSPS) is 13.9. The molecule has 0 atom stereocenters. The Morgan fingerprint density at radius 3 is 2.70 bits per heavy atom. The van der Waals surface area contributed by atoms with Crippen LogP contribution in [0.25, 0.3) is 11.1 Å². The van der Waals surface area contributed by atoms with E-state index in [1.54, 1.807) is 44.6 Å². The molecule has 0 aliphatic carbocycles. The van der Waals surface area contributed by atoms with E-state index in [2.05, 4.69) is 37.3 Å². The molecule has 1 aliphatic rings. The molecule has 1 saturated heterocycles. The van der Waals surface area contributed by atoms with Gasteiger partial charge in [0, 0.05) is 42.3 Å². The average molecular weight is 443 g/mol. The Morgan fingerprint density at radius 2 is 1.94 bits per heavy atom. The Bertz CT molecular complexity index is 1210. The molecule has 168 valence electrons. The molecule has 0 spiro atoms. The van der Waals surface area contributed by atoms with Gasteiger partial charge >= 0.3 is 0 Å². The summed E-state index contributed by atoms with van der Waals surface area (Å²) in [6.45, 7) is 8.59. The minimum Gasteiger partial charge on any atom is -0.378 e. The van der Waals surface area contributed by atoms with Crippen LogP contribution in [0.3, 0.4) is 0 Å². The number of nitrogens with one attached hydrogen (secondary N) is 1. The zero-order valence-electron chi connectivity index (χ0n) is 19.0. The maximum absolute atomic E-state index is 12.9. The molecule has 1 N–H and O–H groups in total. The molecule has 0 saturated carbocycles. The molecule has 3 aromatic rings. The maximum atomic E-state index is 12.9. The first-order valence-electron chi connectivity index (χ1n) is 10.8. The van der Waals surface area contributed by atoms with Crippen molar-refractivity contribution in [2.45, 2.75) is 26.2 Å². The van der Waals surface area contributed by atoms with E-state index in [4.69, 9.17) is 4.74 Å². The number of morpholine rings is 1. The monoisotopic (exact) mass is 442 g/mol. The molecule has 4 rings (SSSR count). The highest BCUT2D eigenvalue weighted by atomic mass is 16.5. The first kappa shape index (κ1) is 22.4. The number of amides is 1. The summed E-state index contributed by atoms with van der Waals surface area (Å²) < 4.78 is 5.44. The van der Waals surface area contributed by atoms with Crippen LogP contribution < -0.4 is 10.2 Å². The number of rotatable bonds is 5. The number of carbonyl (C=O) groups is 1. The van der Waals surface area contributed by atoms with Gasteiger partial charge in [0.05, 0.1) is 48.5 Å². The van der Waals surface area contributed by atoms with Gasteiger partial charge in [0.25, 0.3) is 5.91 Å². The minimum absolute atomic E-state index is 0.244. The molecule has 0 unspecified atom stereocenters. The SMILES string of the molecule is Cc1ncc(NC(=O)c2cc(C(C)(C)C#N)ccn2)cc1-c1cncc(N2CCOCC2)c1. The number of hydrogen-bond acceptors (Lipinski definition) is 7. The zero-order chi connectivity index (χ0) is 23.4. The van der Waals surface area contributed by atoms with Gasteiger partial charge in [0.2, 0.25) is 0 Å². The molecule has 3 aromatic heterocycles. The lowest BCUT2D eigenvalue weighted by Crippen LogP contribution is -2.36. The van der Waals surface area contributed by atoms with Crippen molar-refractivity contribution in [1.82, 2.24) is 15.0 Å². The number of pyridine rings is 3. The number of aromatic nitrogens is 3. The Morgan fingerprint density at radius 1 is 1.15 bits per heavy atom. The number of aryl methyl sites for hydroxylation is 1. The van der Waals surface area contributed by atoms with Crippen molar-refractivity contribution < 1.29 is 9.53 Å². The Balaban J connectivity index is 1.58. The predicted octanol–water partition coefficient (Wildman–Crippen LogP) is 3.74.